The fourth-order valence-electron chi connectivity index (χ4n) is 5.47. The van der Waals surface area contributed by atoms with Crippen molar-refractivity contribution in [3.63, 3.8) is 0 Å². The third-order valence-corrected chi connectivity index (χ3v) is 7.57. The van der Waals surface area contributed by atoms with Crippen molar-refractivity contribution in [2.75, 3.05) is 0 Å². The van der Waals surface area contributed by atoms with E-state index in [4.69, 9.17) is 14.2 Å². The van der Waals surface area contributed by atoms with Gasteiger partial charge in [-0.15, -0.1) is 0 Å². The molecule has 0 aromatic carbocycles. The van der Waals surface area contributed by atoms with Gasteiger partial charge in [0.2, 0.25) is 0 Å². The summed E-state index contributed by atoms with van der Waals surface area (Å²) in [4.78, 5) is 22.9. The molecule has 3 aliphatic rings. The van der Waals surface area contributed by atoms with Gasteiger partial charge >= 0.3 is 11.9 Å². The third-order valence-electron chi connectivity index (χ3n) is 7.57. The number of hydrogen-bond donors (Lipinski definition) is 1. The van der Waals surface area contributed by atoms with Crippen molar-refractivity contribution in [1.82, 2.24) is 0 Å². The summed E-state index contributed by atoms with van der Waals surface area (Å²) < 4.78 is 15.8. The van der Waals surface area contributed by atoms with E-state index in [1.54, 1.807) is 0 Å². The minimum atomic E-state index is -1.09. The number of cyclic esters (lactones) is 1. The van der Waals surface area contributed by atoms with Gasteiger partial charge in [-0.2, -0.15) is 0 Å². The Morgan fingerprint density at radius 2 is 2.12 bits per heavy atom. The molecule has 1 aliphatic carbocycles. The lowest BCUT2D eigenvalue weighted by molar-refractivity contribution is -0.176. The fourth-order valence-corrected chi connectivity index (χ4v) is 5.47. The second kappa shape index (κ2) is 10.8. The molecule has 3 rings (SSSR count). The monoisotopic (exact) mass is 458 g/mol. The van der Waals surface area contributed by atoms with Crippen LogP contribution < -0.4 is 0 Å². The lowest BCUT2D eigenvalue weighted by Crippen LogP contribution is -2.33. The van der Waals surface area contributed by atoms with Crippen LogP contribution in [0.15, 0.2) is 47.1 Å². The number of ether oxygens (including phenoxy) is 3. The van der Waals surface area contributed by atoms with Gasteiger partial charge in [0, 0.05) is 18.6 Å². The summed E-state index contributed by atoms with van der Waals surface area (Å²) in [7, 11) is 0. The summed E-state index contributed by atoms with van der Waals surface area (Å²) in [5, 5.41) is 10.5. The van der Waals surface area contributed by atoms with Crippen molar-refractivity contribution in [3.05, 3.63) is 47.1 Å². The molecule has 0 spiro atoms. The smallest absolute Gasteiger partial charge is 0.334 e. The van der Waals surface area contributed by atoms with Gasteiger partial charge in [-0.1, -0.05) is 43.2 Å². The van der Waals surface area contributed by atoms with E-state index < -0.39 is 30.6 Å². The van der Waals surface area contributed by atoms with E-state index in [1.807, 2.05) is 6.08 Å². The predicted octanol–water partition coefficient (Wildman–Crippen LogP) is 5.28. The van der Waals surface area contributed by atoms with E-state index in [0.717, 1.165) is 24.8 Å². The first-order valence-corrected chi connectivity index (χ1v) is 12.1. The Bertz CT molecular complexity index is 866. The number of rotatable bonds is 9. The van der Waals surface area contributed by atoms with Crippen molar-refractivity contribution >= 4 is 11.9 Å². The molecule has 1 N–H and O–H groups in total. The molecule has 2 heterocycles. The molecule has 0 amide bonds. The van der Waals surface area contributed by atoms with E-state index in [1.165, 1.54) is 43.4 Å². The van der Waals surface area contributed by atoms with Crippen LogP contribution in [0.25, 0.3) is 0 Å². The first-order valence-electron chi connectivity index (χ1n) is 12.1. The summed E-state index contributed by atoms with van der Waals surface area (Å²) >= 11 is 0. The van der Waals surface area contributed by atoms with Gasteiger partial charge in [-0.05, 0) is 75.7 Å². The van der Waals surface area contributed by atoms with Gasteiger partial charge in [0.05, 0.1) is 6.10 Å². The van der Waals surface area contributed by atoms with Gasteiger partial charge in [-0.25, -0.2) is 4.79 Å². The zero-order chi connectivity index (χ0) is 24.2. The predicted molar refractivity (Wildman–Crippen MR) is 126 cm³/mol. The maximum atomic E-state index is 11.6. The number of aliphatic hydroxyl groups is 1. The fraction of sp³-hybridized carbons (Fsp3) is 0.630. The van der Waals surface area contributed by atoms with Gasteiger partial charge in [0.1, 0.15) is 0 Å². The largest absolute Gasteiger partial charge is 0.421 e. The summed E-state index contributed by atoms with van der Waals surface area (Å²) in [5.41, 5.74) is 4.23. The zero-order valence-electron chi connectivity index (χ0n) is 20.4. The number of esters is 2. The Labute approximate surface area is 197 Å². The Balaban J connectivity index is 1.51. The van der Waals surface area contributed by atoms with Gasteiger partial charge < -0.3 is 19.3 Å². The average molecular weight is 459 g/mol. The first kappa shape index (κ1) is 25.4. The average Bonchev–Trinajstić information content (AvgIpc) is 3.29. The van der Waals surface area contributed by atoms with Crippen molar-refractivity contribution in [2.45, 2.75) is 97.7 Å². The maximum absolute atomic E-state index is 11.6. The van der Waals surface area contributed by atoms with Crippen LogP contribution in [0, 0.1) is 11.3 Å². The molecule has 5 atom stereocenters. The maximum Gasteiger partial charge on any atom is 0.334 e. The van der Waals surface area contributed by atoms with Crippen molar-refractivity contribution in [1.29, 1.82) is 0 Å². The molecule has 33 heavy (non-hydrogen) atoms. The zero-order valence-corrected chi connectivity index (χ0v) is 20.4. The molecule has 182 valence electrons. The molecule has 1 fully saturated rings. The molecular formula is C27H38O6. The normalized spacial score (nSPS) is 32.3. The van der Waals surface area contributed by atoms with Crippen LogP contribution in [0.5, 0.6) is 0 Å². The minimum Gasteiger partial charge on any atom is -0.421 e. The topological polar surface area (TPSA) is 82.1 Å². The number of carbonyl (C=O) groups is 2. The van der Waals surface area contributed by atoms with Crippen LogP contribution in [-0.2, 0) is 23.8 Å². The van der Waals surface area contributed by atoms with E-state index in [2.05, 4.69) is 33.4 Å². The summed E-state index contributed by atoms with van der Waals surface area (Å²) in [6.07, 6.45) is 10.9. The van der Waals surface area contributed by atoms with Crippen LogP contribution in [0.2, 0.25) is 0 Å². The van der Waals surface area contributed by atoms with Gasteiger partial charge in [-0.3, -0.25) is 4.79 Å². The highest BCUT2D eigenvalue weighted by Gasteiger charge is 2.40. The Hall–Kier alpha value is -2.18. The molecule has 6 nitrogen and oxygen atoms in total. The first-order chi connectivity index (χ1) is 15.6. The van der Waals surface area contributed by atoms with E-state index in [0.29, 0.717) is 24.3 Å². The summed E-state index contributed by atoms with van der Waals surface area (Å²) in [6, 6.07) is 0. The van der Waals surface area contributed by atoms with Gasteiger partial charge in [0.15, 0.2) is 6.29 Å². The third kappa shape index (κ3) is 6.04. The highest BCUT2D eigenvalue weighted by atomic mass is 16.7. The molecule has 0 radical (unpaired) electrons. The quantitative estimate of drug-likeness (QED) is 0.374. The Morgan fingerprint density at radius 3 is 2.73 bits per heavy atom. The molecule has 0 unspecified atom stereocenters. The highest BCUT2D eigenvalue weighted by Crippen LogP contribution is 2.51. The molecule has 0 bridgehead atoms. The summed E-state index contributed by atoms with van der Waals surface area (Å²) in [6.45, 7) is 12.3. The molecule has 2 aliphatic heterocycles. The second-order valence-electron chi connectivity index (χ2n) is 9.83. The highest BCUT2D eigenvalue weighted by molar-refractivity contribution is 5.86. The van der Waals surface area contributed by atoms with Crippen LogP contribution in [0.3, 0.4) is 0 Å². The Morgan fingerprint density at radius 1 is 1.36 bits per heavy atom. The number of aliphatic hydroxyl groups excluding tert-OH is 1. The molecular weight excluding hydrogens is 420 g/mol. The summed E-state index contributed by atoms with van der Waals surface area (Å²) in [5.74, 6) is -0.427. The van der Waals surface area contributed by atoms with Gasteiger partial charge in [0.25, 0.3) is 6.29 Å². The van der Waals surface area contributed by atoms with E-state index in [-0.39, 0.29) is 5.41 Å². The molecule has 0 aromatic heterocycles. The van der Waals surface area contributed by atoms with Crippen molar-refractivity contribution < 1.29 is 28.9 Å². The molecule has 6 heteroatoms. The van der Waals surface area contributed by atoms with Crippen LogP contribution in [0.4, 0.5) is 0 Å². The molecule has 0 aromatic rings. The number of carbonyl (C=O) groups excluding carboxylic acids is 2. The lowest BCUT2D eigenvalue weighted by Gasteiger charge is -2.35. The number of allylic oxidation sites excluding steroid dienone is 3. The molecule has 1 saturated carbocycles. The van der Waals surface area contributed by atoms with E-state index >= 15 is 0 Å². The van der Waals surface area contributed by atoms with E-state index in [9.17, 15) is 14.7 Å². The van der Waals surface area contributed by atoms with Crippen LogP contribution >= 0.6 is 0 Å². The standard InChI is InChI=1S/C27H38O6/c1-17(2)27(14-7-9-19(27)4)15-13-18(3)8-6-10-21-11-12-23(32-25(21)30)22-16-24(29)33-26(22)31-20(5)28/h8,11,16,19,23,25-26,30H,1,6-7,9-10,12-15H2,2-5H3/t19-,23-,25+,26+,27-/m0/s1. The molecule has 0 saturated heterocycles. The van der Waals surface area contributed by atoms with Crippen molar-refractivity contribution in [3.8, 4) is 0 Å². The van der Waals surface area contributed by atoms with Crippen LogP contribution in [0.1, 0.15) is 79.1 Å². The lowest BCUT2D eigenvalue weighted by atomic mass is 9.70. The number of hydrogen-bond acceptors (Lipinski definition) is 6. The second-order valence-corrected chi connectivity index (χ2v) is 9.83. The SMILES string of the molecule is C=C(C)[C@@]1(CCC(C)=CCCC2=CC[C@@H](C3=CC(=O)O[C@H]3OC(C)=O)O[C@H]2O)CCC[C@@H]1C. The van der Waals surface area contributed by atoms with Crippen LogP contribution in [-0.4, -0.2) is 35.7 Å². The minimum absolute atomic E-state index is 0.282. The Kier molecular flexibility index (Phi) is 8.35. The van der Waals surface area contributed by atoms with Crippen molar-refractivity contribution in [2.24, 2.45) is 11.3 Å².